The molecule has 2 heterocycles. The highest BCUT2D eigenvalue weighted by molar-refractivity contribution is 6.43. The van der Waals surface area contributed by atoms with Crippen LogP contribution in [-0.4, -0.2) is 52.7 Å². The second kappa shape index (κ2) is 7.81. The minimum absolute atomic E-state index is 0.0571. The number of hydrazone groups is 1. The molecule has 0 unspecified atom stereocenters. The Balaban J connectivity index is 1.72. The van der Waals surface area contributed by atoms with Crippen molar-refractivity contribution in [1.82, 2.24) is 9.91 Å². The number of carbonyl (C=O) groups is 3. The van der Waals surface area contributed by atoms with E-state index in [0.717, 1.165) is 5.01 Å². The smallest absolute Gasteiger partial charge is 0.410 e. The van der Waals surface area contributed by atoms with Gasteiger partial charge in [0.15, 0.2) is 0 Å². The van der Waals surface area contributed by atoms with Gasteiger partial charge in [-0.1, -0.05) is 6.07 Å². The Hall–Kier alpha value is -2.97. The van der Waals surface area contributed by atoms with Crippen LogP contribution in [0.1, 0.15) is 44.7 Å². The Morgan fingerprint density at radius 2 is 1.93 bits per heavy atom. The number of nitrogens with zero attached hydrogens (tertiary/aromatic N) is 3. The molecular weight excluding hydrogens is 379 g/mol. The van der Waals surface area contributed by atoms with Gasteiger partial charge < -0.3 is 15.0 Å². The van der Waals surface area contributed by atoms with Gasteiger partial charge in [0.05, 0.1) is 5.69 Å². The van der Waals surface area contributed by atoms with E-state index in [4.69, 9.17) is 4.74 Å². The number of benzene rings is 1. The summed E-state index contributed by atoms with van der Waals surface area (Å²) in [7, 11) is 1.48. The lowest BCUT2D eigenvalue weighted by Crippen LogP contribution is -2.40. The molecule has 0 fully saturated rings. The van der Waals surface area contributed by atoms with Gasteiger partial charge in [0.2, 0.25) is 5.91 Å². The van der Waals surface area contributed by atoms with Crippen LogP contribution in [0.25, 0.3) is 0 Å². The van der Waals surface area contributed by atoms with Crippen LogP contribution in [0.2, 0.25) is 0 Å². The average Bonchev–Trinajstić information content (AvgIpc) is 2.64. The zero-order valence-corrected chi connectivity index (χ0v) is 17.0. The second-order valence-electron chi connectivity index (χ2n) is 8.13. The predicted molar refractivity (Wildman–Crippen MR) is 105 cm³/mol. The molecule has 9 heteroatoms. The van der Waals surface area contributed by atoms with Crippen LogP contribution in [0, 0.1) is 5.82 Å². The fraction of sp³-hybridized carbons (Fsp3) is 0.500. The highest BCUT2D eigenvalue weighted by Crippen LogP contribution is 2.28. The standard InChI is InChI=1S/C20H25FN4O4/c1-20(2,3)29-19(28)25-10-9-13-12(11-25)5-6-14(17(13)21)22-18(27)15-7-8-16(26)24(4)23-15/h5-6H,7-11H2,1-4H3,(H,22,27). The maximum atomic E-state index is 15.0. The molecule has 29 heavy (non-hydrogen) atoms. The van der Waals surface area contributed by atoms with E-state index in [0.29, 0.717) is 24.1 Å². The van der Waals surface area contributed by atoms with Gasteiger partial charge in [-0.3, -0.25) is 9.59 Å². The number of fused-ring (bicyclic) bond motifs is 1. The SMILES string of the molecule is CN1N=C(C(=O)Nc2ccc3c(c2F)CCN(C(=O)OC(C)(C)C)C3)CCC1=O. The van der Waals surface area contributed by atoms with Crippen LogP contribution in [-0.2, 0) is 27.3 Å². The van der Waals surface area contributed by atoms with Gasteiger partial charge in [-0.2, -0.15) is 5.10 Å². The third kappa shape index (κ3) is 4.72. The van der Waals surface area contributed by atoms with Crippen molar-refractivity contribution in [1.29, 1.82) is 0 Å². The number of carbonyl (C=O) groups excluding carboxylic acids is 3. The summed E-state index contributed by atoms with van der Waals surface area (Å²) in [6, 6.07) is 3.17. The van der Waals surface area contributed by atoms with E-state index in [1.807, 2.05) is 0 Å². The van der Waals surface area contributed by atoms with Gasteiger partial charge in [0.25, 0.3) is 5.91 Å². The van der Waals surface area contributed by atoms with E-state index < -0.39 is 23.4 Å². The number of ether oxygens (including phenoxy) is 1. The maximum absolute atomic E-state index is 15.0. The molecule has 0 atom stereocenters. The molecule has 156 valence electrons. The molecule has 0 radical (unpaired) electrons. The van der Waals surface area contributed by atoms with E-state index in [1.54, 1.807) is 26.8 Å². The lowest BCUT2D eigenvalue weighted by atomic mass is 9.98. The molecule has 2 aliphatic rings. The first-order chi connectivity index (χ1) is 13.5. The monoisotopic (exact) mass is 404 g/mol. The molecule has 2 aliphatic heterocycles. The van der Waals surface area contributed by atoms with Crippen molar-refractivity contribution >= 4 is 29.3 Å². The van der Waals surface area contributed by atoms with Crippen LogP contribution in [0.5, 0.6) is 0 Å². The van der Waals surface area contributed by atoms with E-state index in [9.17, 15) is 18.8 Å². The van der Waals surface area contributed by atoms with Crippen LogP contribution < -0.4 is 5.32 Å². The van der Waals surface area contributed by atoms with Gasteiger partial charge >= 0.3 is 6.09 Å². The van der Waals surface area contributed by atoms with Crippen molar-refractivity contribution in [3.8, 4) is 0 Å². The summed E-state index contributed by atoms with van der Waals surface area (Å²) in [6.07, 6.45) is 0.292. The fourth-order valence-electron chi connectivity index (χ4n) is 3.22. The highest BCUT2D eigenvalue weighted by atomic mass is 19.1. The van der Waals surface area contributed by atoms with Crippen molar-refractivity contribution in [2.45, 2.75) is 52.2 Å². The van der Waals surface area contributed by atoms with Gasteiger partial charge in [-0.25, -0.2) is 14.2 Å². The first-order valence-electron chi connectivity index (χ1n) is 9.48. The van der Waals surface area contributed by atoms with E-state index in [2.05, 4.69) is 10.4 Å². The summed E-state index contributed by atoms with van der Waals surface area (Å²) < 4.78 is 20.3. The van der Waals surface area contributed by atoms with Crippen LogP contribution >= 0.6 is 0 Å². The molecule has 0 saturated carbocycles. The van der Waals surface area contributed by atoms with Gasteiger partial charge in [-0.05, 0) is 44.4 Å². The Morgan fingerprint density at radius 3 is 2.59 bits per heavy atom. The average molecular weight is 404 g/mol. The molecule has 1 aromatic carbocycles. The zero-order valence-electron chi connectivity index (χ0n) is 17.0. The third-order valence-corrected chi connectivity index (χ3v) is 4.70. The van der Waals surface area contributed by atoms with Crippen LogP contribution in [0.4, 0.5) is 14.9 Å². The molecule has 3 amide bonds. The molecule has 0 spiro atoms. The van der Waals surface area contributed by atoms with E-state index >= 15 is 0 Å². The molecular formula is C20H25FN4O4. The molecule has 0 aliphatic carbocycles. The first kappa shape index (κ1) is 20.8. The fourth-order valence-corrected chi connectivity index (χ4v) is 3.22. The topological polar surface area (TPSA) is 91.3 Å². The highest BCUT2D eigenvalue weighted by Gasteiger charge is 2.28. The lowest BCUT2D eigenvalue weighted by molar-refractivity contribution is -0.130. The maximum Gasteiger partial charge on any atom is 0.410 e. The minimum atomic E-state index is -0.600. The van der Waals surface area contributed by atoms with E-state index in [-0.39, 0.29) is 36.7 Å². The number of anilines is 1. The van der Waals surface area contributed by atoms with Crippen LogP contribution in [0.15, 0.2) is 17.2 Å². The summed E-state index contributed by atoms with van der Waals surface area (Å²) in [4.78, 5) is 37.7. The van der Waals surface area contributed by atoms with Crippen molar-refractivity contribution < 1.29 is 23.5 Å². The summed E-state index contributed by atoms with van der Waals surface area (Å²) >= 11 is 0. The zero-order chi connectivity index (χ0) is 21.3. The molecule has 0 aromatic heterocycles. The van der Waals surface area contributed by atoms with Crippen molar-refractivity contribution in [3.63, 3.8) is 0 Å². The Kier molecular flexibility index (Phi) is 5.59. The summed E-state index contributed by atoms with van der Waals surface area (Å²) in [5.74, 6) is -1.22. The number of amides is 3. The summed E-state index contributed by atoms with van der Waals surface area (Å²) in [5, 5.41) is 7.60. The molecule has 3 rings (SSSR count). The molecule has 8 nitrogen and oxygen atoms in total. The molecule has 0 saturated heterocycles. The number of nitrogens with one attached hydrogen (secondary N) is 1. The van der Waals surface area contributed by atoms with Crippen LogP contribution in [0.3, 0.4) is 0 Å². The second-order valence-corrected chi connectivity index (χ2v) is 8.13. The number of halogens is 1. The Bertz CT molecular complexity index is 891. The predicted octanol–water partition coefficient (Wildman–Crippen LogP) is 2.67. The first-order valence-corrected chi connectivity index (χ1v) is 9.48. The Labute approximate surface area is 168 Å². The lowest BCUT2D eigenvalue weighted by Gasteiger charge is -2.31. The van der Waals surface area contributed by atoms with Crippen molar-refractivity contribution in [2.24, 2.45) is 5.10 Å². The van der Waals surface area contributed by atoms with Crippen molar-refractivity contribution in [2.75, 3.05) is 18.9 Å². The minimum Gasteiger partial charge on any atom is -0.444 e. The quantitative estimate of drug-likeness (QED) is 0.820. The van der Waals surface area contributed by atoms with Gasteiger partial charge in [-0.15, -0.1) is 0 Å². The number of rotatable bonds is 2. The summed E-state index contributed by atoms with van der Waals surface area (Å²) in [5.41, 5.74) is 0.789. The molecule has 1 N–H and O–H groups in total. The largest absolute Gasteiger partial charge is 0.444 e. The molecule has 0 bridgehead atoms. The van der Waals surface area contributed by atoms with Crippen molar-refractivity contribution in [3.05, 3.63) is 29.1 Å². The normalized spacial score (nSPS) is 16.9. The summed E-state index contributed by atoms with van der Waals surface area (Å²) in [6.45, 7) is 5.95. The van der Waals surface area contributed by atoms with Gasteiger partial charge in [0.1, 0.15) is 17.1 Å². The van der Waals surface area contributed by atoms with E-state index in [1.165, 1.54) is 18.0 Å². The number of hydrogen-bond donors (Lipinski definition) is 1. The third-order valence-electron chi connectivity index (χ3n) is 4.70. The Morgan fingerprint density at radius 1 is 1.21 bits per heavy atom. The molecule has 1 aromatic rings. The van der Waals surface area contributed by atoms with Gasteiger partial charge in [0, 0.05) is 33.0 Å². The number of hydrogen-bond acceptors (Lipinski definition) is 5.